The van der Waals surface area contributed by atoms with Crippen LogP contribution in [0.2, 0.25) is 0 Å². The lowest BCUT2D eigenvalue weighted by Gasteiger charge is -2.34. The van der Waals surface area contributed by atoms with E-state index in [9.17, 15) is 0 Å². The largest absolute Gasteiger partial charge is 0.358 e. The van der Waals surface area contributed by atoms with Crippen LogP contribution in [-0.2, 0) is 11.2 Å². The lowest BCUT2D eigenvalue weighted by molar-refractivity contribution is 0.135. The molecule has 19 heavy (non-hydrogen) atoms. The van der Waals surface area contributed by atoms with Crippen LogP contribution < -0.4 is 0 Å². The molecule has 1 nitrogen and oxygen atoms in total. The lowest BCUT2D eigenvalue weighted by Crippen LogP contribution is -2.27. The summed E-state index contributed by atoms with van der Waals surface area (Å²) in [7, 11) is 1.84. The second-order valence-corrected chi connectivity index (χ2v) is 8.52. The number of benzene rings is 1. The molecule has 0 unspecified atom stereocenters. The van der Waals surface area contributed by atoms with Crippen molar-refractivity contribution in [2.75, 3.05) is 18.6 Å². The minimum Gasteiger partial charge on any atom is -0.358 e. The van der Waals surface area contributed by atoms with Gasteiger partial charge in [-0.15, -0.1) is 23.5 Å². The summed E-state index contributed by atoms with van der Waals surface area (Å²) in [5.41, 5.74) is 1.26. The SMILES string of the molecule is [3H]c1cc(CCCCC2(OC)SCCCS2)ccc1Br. The number of unbranched alkanes of at least 4 members (excludes halogenated alkanes) is 1. The molecule has 1 aliphatic heterocycles. The third-order valence-corrected chi connectivity index (χ3v) is 7.09. The third kappa shape index (κ3) is 5.00. The summed E-state index contributed by atoms with van der Waals surface area (Å²) in [4.78, 5) is 0. The van der Waals surface area contributed by atoms with E-state index >= 15 is 0 Å². The molecule has 1 aromatic rings. The van der Waals surface area contributed by atoms with Gasteiger partial charge in [0, 0.05) is 11.6 Å². The smallest absolute Gasteiger partial charge is 0.160 e. The maximum Gasteiger partial charge on any atom is 0.160 e. The van der Waals surface area contributed by atoms with Gasteiger partial charge in [-0.25, -0.2) is 0 Å². The Bertz CT molecular complexity index is 436. The summed E-state index contributed by atoms with van der Waals surface area (Å²) in [6.45, 7) is 0. The molecular weight excluding hydrogens is 340 g/mol. The molecule has 0 spiro atoms. The fourth-order valence-electron chi connectivity index (χ4n) is 2.18. The molecule has 106 valence electrons. The molecule has 1 aromatic carbocycles. The predicted molar refractivity (Wildman–Crippen MR) is 91.0 cm³/mol. The number of aryl methyl sites for hydroxylation is 1. The van der Waals surface area contributed by atoms with Gasteiger partial charge in [0.15, 0.2) is 4.27 Å². The van der Waals surface area contributed by atoms with Gasteiger partial charge in [-0.2, -0.15) is 0 Å². The highest BCUT2D eigenvalue weighted by atomic mass is 79.9. The van der Waals surface area contributed by atoms with Gasteiger partial charge in [0.1, 0.15) is 0 Å². The molecule has 4 heteroatoms. The van der Waals surface area contributed by atoms with E-state index < -0.39 is 0 Å². The van der Waals surface area contributed by atoms with Crippen molar-refractivity contribution in [3.05, 3.63) is 34.3 Å². The zero-order chi connectivity index (χ0) is 14.4. The topological polar surface area (TPSA) is 9.23 Å². The average Bonchev–Trinajstić information content (AvgIpc) is 2.48. The molecule has 2 rings (SSSR count). The highest BCUT2D eigenvalue weighted by molar-refractivity contribution is 9.10. The fourth-order valence-corrected chi connectivity index (χ4v) is 5.46. The maximum atomic E-state index is 7.79. The minimum atomic E-state index is -0.00144. The van der Waals surface area contributed by atoms with Gasteiger partial charge in [-0.3, -0.25) is 0 Å². The number of hydrogen-bond donors (Lipinski definition) is 0. The van der Waals surface area contributed by atoms with Crippen molar-refractivity contribution >= 4 is 39.5 Å². The van der Waals surface area contributed by atoms with Crippen LogP contribution in [0.5, 0.6) is 0 Å². The summed E-state index contributed by atoms with van der Waals surface area (Å²) in [5, 5.41) is 0. The first-order valence-electron chi connectivity index (χ1n) is 7.23. The van der Waals surface area contributed by atoms with Crippen molar-refractivity contribution in [1.29, 1.82) is 0 Å². The van der Waals surface area contributed by atoms with Gasteiger partial charge in [0.2, 0.25) is 0 Å². The van der Waals surface area contributed by atoms with Crippen LogP contribution >= 0.6 is 39.5 Å². The molecule has 0 bridgehead atoms. The molecule has 0 N–H and O–H groups in total. The zero-order valence-corrected chi connectivity index (χ0v) is 14.5. The van der Waals surface area contributed by atoms with Crippen molar-refractivity contribution in [2.24, 2.45) is 0 Å². The minimum absolute atomic E-state index is 0.00144. The van der Waals surface area contributed by atoms with Crippen LogP contribution in [0.3, 0.4) is 0 Å². The first kappa shape index (κ1) is 14.3. The van der Waals surface area contributed by atoms with Crippen molar-refractivity contribution < 1.29 is 6.11 Å². The van der Waals surface area contributed by atoms with E-state index in [1.807, 2.05) is 42.8 Å². The van der Waals surface area contributed by atoms with E-state index in [2.05, 4.69) is 22.0 Å². The number of rotatable bonds is 6. The molecule has 0 aliphatic carbocycles. The Morgan fingerprint density at radius 1 is 1.32 bits per heavy atom. The molecule has 0 aromatic heterocycles. The van der Waals surface area contributed by atoms with Gasteiger partial charge in [-0.05, 0) is 61.3 Å². The van der Waals surface area contributed by atoms with E-state index in [1.165, 1.54) is 29.9 Å². The quantitative estimate of drug-likeness (QED) is 0.632. The summed E-state index contributed by atoms with van der Waals surface area (Å²) < 4.78 is 14.4. The van der Waals surface area contributed by atoms with Gasteiger partial charge < -0.3 is 4.74 Å². The first-order chi connectivity index (χ1) is 9.65. The molecule has 0 saturated carbocycles. The normalized spacial score (nSPS) is 19.2. The molecule has 1 fully saturated rings. The van der Waals surface area contributed by atoms with Crippen LogP contribution in [0.1, 0.15) is 32.6 Å². The third-order valence-electron chi connectivity index (χ3n) is 3.28. The Hall–Kier alpha value is 0.360. The van der Waals surface area contributed by atoms with E-state index in [1.54, 1.807) is 0 Å². The Kier molecular flexibility index (Phi) is 5.99. The van der Waals surface area contributed by atoms with Crippen LogP contribution in [0, 0.1) is 0 Å². The standard InChI is InChI=1S/C15H21BrOS2/c1-17-15(18-11-4-12-19-15)10-3-2-5-13-6-8-14(16)9-7-13/h6-9H,2-5,10-12H2,1H3/i8T. The molecule has 0 atom stereocenters. The second-order valence-electron chi connectivity index (χ2n) is 4.69. The number of thioether (sulfide) groups is 2. The van der Waals surface area contributed by atoms with E-state index in [0.717, 1.165) is 23.7 Å². The highest BCUT2D eigenvalue weighted by Crippen LogP contribution is 2.46. The zero-order valence-electron chi connectivity index (χ0n) is 12.3. The van der Waals surface area contributed by atoms with Gasteiger partial charge >= 0.3 is 0 Å². The summed E-state index contributed by atoms with van der Waals surface area (Å²) in [6.07, 6.45) is 5.80. The molecule has 0 amide bonds. The number of hydrogen-bond acceptors (Lipinski definition) is 3. The van der Waals surface area contributed by atoms with Gasteiger partial charge in [-0.1, -0.05) is 28.1 Å². The summed E-state index contributed by atoms with van der Waals surface area (Å²) in [5.74, 6) is 2.44. The van der Waals surface area contributed by atoms with E-state index in [0.29, 0.717) is 6.04 Å². The second kappa shape index (κ2) is 7.96. The summed E-state index contributed by atoms with van der Waals surface area (Å²) >= 11 is 7.30. The van der Waals surface area contributed by atoms with E-state index in [-0.39, 0.29) is 4.27 Å². The average molecular weight is 363 g/mol. The van der Waals surface area contributed by atoms with Crippen molar-refractivity contribution in [3.8, 4) is 0 Å². The first-order valence-corrected chi connectivity index (χ1v) is 9.50. The van der Waals surface area contributed by atoms with Gasteiger partial charge in [0.25, 0.3) is 0 Å². The van der Waals surface area contributed by atoms with Crippen LogP contribution in [0.25, 0.3) is 0 Å². The van der Waals surface area contributed by atoms with Crippen molar-refractivity contribution in [1.82, 2.24) is 0 Å². The van der Waals surface area contributed by atoms with E-state index in [4.69, 9.17) is 6.11 Å². The van der Waals surface area contributed by atoms with Crippen LogP contribution in [0.4, 0.5) is 0 Å². The molecule has 0 radical (unpaired) electrons. The number of ether oxygens (including phenoxy) is 1. The highest BCUT2D eigenvalue weighted by Gasteiger charge is 2.32. The Morgan fingerprint density at radius 2 is 2.11 bits per heavy atom. The molecule has 1 heterocycles. The van der Waals surface area contributed by atoms with Gasteiger partial charge in [0.05, 0.1) is 1.37 Å². The van der Waals surface area contributed by atoms with Crippen molar-refractivity contribution in [3.63, 3.8) is 0 Å². The Morgan fingerprint density at radius 3 is 2.79 bits per heavy atom. The monoisotopic (exact) mass is 362 g/mol. The number of methoxy groups -OCH3 is 1. The molecular formula is C15H21BrOS2. The van der Waals surface area contributed by atoms with Crippen LogP contribution in [-0.4, -0.2) is 22.9 Å². The molecule has 1 saturated heterocycles. The lowest BCUT2D eigenvalue weighted by atomic mass is 10.1. The van der Waals surface area contributed by atoms with Crippen molar-refractivity contribution in [2.45, 2.75) is 36.4 Å². The number of halogens is 1. The summed E-state index contributed by atoms with van der Waals surface area (Å²) in [6, 6.07) is 6.62. The fraction of sp³-hybridized carbons (Fsp3) is 0.600. The Labute approximate surface area is 134 Å². The maximum absolute atomic E-state index is 7.79. The molecule has 1 aliphatic rings. The predicted octanol–water partition coefficient (Wildman–Crippen LogP) is 5.33. The Balaban J connectivity index is 1.76. The van der Waals surface area contributed by atoms with Crippen LogP contribution in [0.15, 0.2) is 28.7 Å².